The molecule has 1 aliphatic heterocycles. The third-order valence-electron chi connectivity index (χ3n) is 5.33. The fourth-order valence-electron chi connectivity index (χ4n) is 3.55. The fraction of sp³-hybridized carbons (Fsp3) is 0.500. The molecule has 0 bridgehead atoms. The molecule has 0 radical (unpaired) electrons. The van der Waals surface area contributed by atoms with E-state index in [0.29, 0.717) is 16.6 Å². The van der Waals surface area contributed by atoms with Crippen molar-refractivity contribution in [2.45, 2.75) is 26.3 Å². The van der Waals surface area contributed by atoms with Gasteiger partial charge in [0, 0.05) is 42.9 Å². The lowest BCUT2D eigenvalue weighted by molar-refractivity contribution is 0.0731. The highest BCUT2D eigenvalue weighted by atomic mass is 35.5. The molecule has 1 aromatic carbocycles. The van der Waals surface area contributed by atoms with Crippen molar-refractivity contribution in [3.8, 4) is 0 Å². The monoisotopic (exact) mass is 408 g/mol. The summed E-state index contributed by atoms with van der Waals surface area (Å²) in [6.07, 6.45) is 2.15. The minimum absolute atomic E-state index is 0.00549. The quantitative estimate of drug-likeness (QED) is 0.749. The number of carbonyl (C=O) groups excluding carboxylic acids is 1. The molecule has 1 aliphatic rings. The second-order valence-electron chi connectivity index (χ2n) is 7.44. The molecular weight excluding hydrogens is 383 g/mol. The molecule has 2 heterocycles. The summed E-state index contributed by atoms with van der Waals surface area (Å²) >= 11 is 12.3. The van der Waals surface area contributed by atoms with Crippen LogP contribution in [-0.2, 0) is 13.6 Å². The van der Waals surface area contributed by atoms with Gasteiger partial charge in [-0.3, -0.25) is 14.4 Å². The Bertz CT molecular complexity index is 793. The van der Waals surface area contributed by atoms with Crippen LogP contribution in [-0.4, -0.2) is 52.2 Å². The van der Waals surface area contributed by atoms with Gasteiger partial charge in [-0.1, -0.05) is 29.3 Å². The highest BCUT2D eigenvalue weighted by Gasteiger charge is 2.24. The number of carbonyl (C=O) groups is 1. The number of hydrogen-bond acceptors (Lipinski definition) is 3. The number of rotatable bonds is 5. The molecule has 3 rings (SSSR count). The molecule has 1 saturated heterocycles. The first-order valence-electron chi connectivity index (χ1n) is 9.26. The first-order chi connectivity index (χ1) is 12.8. The minimum atomic E-state index is -0.00549. The molecule has 0 atom stereocenters. The predicted molar refractivity (Wildman–Crippen MR) is 109 cm³/mol. The van der Waals surface area contributed by atoms with E-state index in [2.05, 4.69) is 10.00 Å². The van der Waals surface area contributed by atoms with E-state index in [1.165, 1.54) is 0 Å². The summed E-state index contributed by atoms with van der Waals surface area (Å²) in [5.41, 5.74) is 2.62. The molecule has 1 aromatic heterocycles. The molecule has 0 aliphatic carbocycles. The molecule has 0 spiro atoms. The van der Waals surface area contributed by atoms with Crippen molar-refractivity contribution in [2.24, 2.45) is 13.0 Å². The van der Waals surface area contributed by atoms with E-state index in [1.54, 1.807) is 15.6 Å². The van der Waals surface area contributed by atoms with Crippen LogP contribution in [0.4, 0.5) is 0 Å². The summed E-state index contributed by atoms with van der Waals surface area (Å²) in [5.74, 6) is 0.509. The van der Waals surface area contributed by atoms with Crippen LogP contribution in [0.15, 0.2) is 24.3 Å². The van der Waals surface area contributed by atoms with Crippen molar-refractivity contribution in [3.63, 3.8) is 0 Å². The van der Waals surface area contributed by atoms with E-state index in [-0.39, 0.29) is 5.91 Å². The van der Waals surface area contributed by atoms with Gasteiger partial charge < -0.3 is 4.90 Å². The first-order valence-corrected chi connectivity index (χ1v) is 10.0. The standard InChI is InChI=1S/C20H26Cl2N4O/c1-14-10-19(23-25(14)3)20(27)24(2)12-15-6-8-26(9-7-15)13-16-4-5-17(21)11-18(16)22/h4-5,10-11,15H,6-9,12-13H2,1-3H3. The predicted octanol–water partition coefficient (Wildman–Crippen LogP) is 4.02. The lowest BCUT2D eigenvalue weighted by Crippen LogP contribution is -2.39. The van der Waals surface area contributed by atoms with Crippen LogP contribution < -0.4 is 0 Å². The van der Waals surface area contributed by atoms with Crippen LogP contribution in [0.25, 0.3) is 0 Å². The SMILES string of the molecule is Cc1cc(C(=O)N(C)CC2CCN(Cc3ccc(Cl)cc3Cl)CC2)nn1C. The molecule has 0 saturated carbocycles. The Balaban J connectivity index is 1.49. The molecule has 27 heavy (non-hydrogen) atoms. The maximum atomic E-state index is 12.6. The summed E-state index contributed by atoms with van der Waals surface area (Å²) in [7, 11) is 3.72. The van der Waals surface area contributed by atoms with Crippen molar-refractivity contribution in [3.05, 3.63) is 51.3 Å². The molecule has 0 N–H and O–H groups in total. The van der Waals surface area contributed by atoms with Crippen LogP contribution in [0.5, 0.6) is 0 Å². The number of piperidine rings is 1. The zero-order valence-electron chi connectivity index (χ0n) is 16.1. The lowest BCUT2D eigenvalue weighted by atomic mass is 9.96. The normalized spacial score (nSPS) is 15.9. The second-order valence-corrected chi connectivity index (χ2v) is 8.28. The maximum absolute atomic E-state index is 12.6. The van der Waals surface area contributed by atoms with Gasteiger partial charge in [-0.15, -0.1) is 0 Å². The fourth-order valence-corrected chi connectivity index (χ4v) is 4.02. The van der Waals surface area contributed by atoms with Gasteiger partial charge in [0.05, 0.1) is 0 Å². The summed E-state index contributed by atoms with van der Waals surface area (Å²) in [4.78, 5) is 16.8. The molecule has 146 valence electrons. The van der Waals surface area contributed by atoms with Crippen LogP contribution in [0.1, 0.15) is 34.6 Å². The van der Waals surface area contributed by atoms with Crippen molar-refractivity contribution in [1.29, 1.82) is 0 Å². The van der Waals surface area contributed by atoms with Gasteiger partial charge in [-0.25, -0.2) is 0 Å². The third-order valence-corrected chi connectivity index (χ3v) is 5.91. The van der Waals surface area contributed by atoms with Crippen LogP contribution in [0, 0.1) is 12.8 Å². The Kier molecular flexibility index (Phi) is 6.45. The second kappa shape index (κ2) is 8.63. The van der Waals surface area contributed by atoms with E-state index in [1.807, 2.05) is 39.2 Å². The summed E-state index contributed by atoms with van der Waals surface area (Å²) in [6, 6.07) is 7.52. The average molecular weight is 409 g/mol. The molecule has 1 amide bonds. The van der Waals surface area contributed by atoms with E-state index in [9.17, 15) is 4.79 Å². The Morgan fingerprint density at radius 2 is 1.96 bits per heavy atom. The van der Waals surface area contributed by atoms with E-state index in [4.69, 9.17) is 23.2 Å². The van der Waals surface area contributed by atoms with Gasteiger partial charge >= 0.3 is 0 Å². The van der Waals surface area contributed by atoms with Crippen molar-refractivity contribution < 1.29 is 4.79 Å². The molecular formula is C20H26Cl2N4O. The Morgan fingerprint density at radius 3 is 2.56 bits per heavy atom. The number of likely N-dealkylation sites (tertiary alicyclic amines) is 1. The number of benzene rings is 1. The Hall–Kier alpha value is -1.56. The van der Waals surface area contributed by atoms with E-state index >= 15 is 0 Å². The number of nitrogens with zero attached hydrogens (tertiary/aromatic N) is 4. The van der Waals surface area contributed by atoms with Crippen molar-refractivity contribution in [2.75, 3.05) is 26.7 Å². The van der Waals surface area contributed by atoms with Crippen molar-refractivity contribution in [1.82, 2.24) is 19.6 Å². The number of hydrogen-bond donors (Lipinski definition) is 0. The van der Waals surface area contributed by atoms with Crippen LogP contribution >= 0.6 is 23.2 Å². The topological polar surface area (TPSA) is 41.4 Å². The maximum Gasteiger partial charge on any atom is 0.274 e. The molecule has 5 nitrogen and oxygen atoms in total. The average Bonchev–Trinajstić information content (AvgIpc) is 2.97. The van der Waals surface area contributed by atoms with E-state index in [0.717, 1.165) is 55.3 Å². The van der Waals surface area contributed by atoms with Gasteiger partial charge in [0.2, 0.25) is 0 Å². The molecule has 2 aromatic rings. The van der Waals surface area contributed by atoms with Crippen molar-refractivity contribution >= 4 is 29.1 Å². The van der Waals surface area contributed by atoms with Gasteiger partial charge in [0.1, 0.15) is 0 Å². The Morgan fingerprint density at radius 1 is 1.26 bits per heavy atom. The summed E-state index contributed by atoms with van der Waals surface area (Å²) in [6.45, 7) is 5.57. The van der Waals surface area contributed by atoms with Gasteiger partial charge in [0.25, 0.3) is 5.91 Å². The highest BCUT2D eigenvalue weighted by Crippen LogP contribution is 2.25. The number of aromatic nitrogens is 2. The molecule has 7 heteroatoms. The zero-order chi connectivity index (χ0) is 19.6. The first kappa shape index (κ1) is 20.2. The highest BCUT2D eigenvalue weighted by molar-refractivity contribution is 6.35. The summed E-state index contributed by atoms with van der Waals surface area (Å²) in [5, 5.41) is 5.68. The van der Waals surface area contributed by atoms with Crippen LogP contribution in [0.2, 0.25) is 10.0 Å². The van der Waals surface area contributed by atoms with Gasteiger partial charge in [-0.2, -0.15) is 5.10 Å². The van der Waals surface area contributed by atoms with E-state index < -0.39 is 0 Å². The van der Waals surface area contributed by atoms with Crippen LogP contribution in [0.3, 0.4) is 0 Å². The number of halogens is 2. The number of aryl methyl sites for hydroxylation is 2. The largest absolute Gasteiger partial charge is 0.340 e. The smallest absolute Gasteiger partial charge is 0.274 e. The third kappa shape index (κ3) is 5.03. The Labute approximate surface area is 170 Å². The van der Waals surface area contributed by atoms with Gasteiger partial charge in [0.15, 0.2) is 5.69 Å². The minimum Gasteiger partial charge on any atom is -0.340 e. The molecule has 0 unspecified atom stereocenters. The zero-order valence-corrected chi connectivity index (χ0v) is 17.6. The van der Waals surface area contributed by atoms with Gasteiger partial charge in [-0.05, 0) is 62.5 Å². The molecule has 1 fully saturated rings. The number of amides is 1. The lowest BCUT2D eigenvalue weighted by Gasteiger charge is -2.34. The summed E-state index contributed by atoms with van der Waals surface area (Å²) < 4.78 is 1.74.